The van der Waals surface area contributed by atoms with E-state index in [0.717, 1.165) is 60.1 Å². The van der Waals surface area contributed by atoms with Gasteiger partial charge in [0.1, 0.15) is 0 Å². The fraction of sp³-hybridized carbons (Fsp3) is 0.444. The molecule has 0 amide bonds. The lowest BCUT2D eigenvalue weighted by Gasteiger charge is -2.24. The Labute approximate surface area is 216 Å². The molecule has 1 saturated heterocycles. The smallest absolute Gasteiger partial charge is 0.0980 e. The van der Waals surface area contributed by atoms with Crippen LogP contribution in [0.5, 0.6) is 0 Å². The molecule has 0 spiro atoms. The lowest BCUT2D eigenvalue weighted by atomic mass is 9.99. The van der Waals surface area contributed by atoms with Crippen LogP contribution in [0.25, 0.3) is 27.6 Å². The molecule has 3 aromatic rings. The second kappa shape index (κ2) is 10.9. The molecule has 37 heavy (non-hydrogen) atoms. The highest BCUT2D eigenvalue weighted by atomic mass is 16.5. The van der Waals surface area contributed by atoms with E-state index in [1.807, 2.05) is 18.3 Å². The number of rotatable bonds is 8. The third kappa shape index (κ3) is 5.93. The Kier molecular flexibility index (Phi) is 7.82. The number of nitrogens with zero attached hydrogens (tertiary/aromatic N) is 5. The number of allylic oxidation sites excluding steroid dienone is 2. The van der Waals surface area contributed by atoms with Crippen molar-refractivity contribution in [2.45, 2.75) is 45.8 Å². The monoisotopic (exact) mass is 507 g/mol. The van der Waals surface area contributed by atoms with Crippen molar-refractivity contribution in [3.8, 4) is 0 Å². The van der Waals surface area contributed by atoms with Gasteiger partial charge in [0.15, 0.2) is 0 Å². The van der Waals surface area contributed by atoms with E-state index in [1.54, 1.807) is 34.0 Å². The molecule has 0 unspecified atom stereocenters. The van der Waals surface area contributed by atoms with Gasteiger partial charge in [-0.25, -0.2) is 5.84 Å². The van der Waals surface area contributed by atoms with E-state index in [1.165, 1.54) is 17.3 Å². The van der Waals surface area contributed by atoms with Crippen LogP contribution < -0.4 is 11.6 Å². The van der Waals surface area contributed by atoms with Crippen molar-refractivity contribution in [3.63, 3.8) is 0 Å². The summed E-state index contributed by atoms with van der Waals surface area (Å²) >= 11 is 0. The third-order valence-corrected chi connectivity index (χ3v) is 6.66. The fourth-order valence-corrected chi connectivity index (χ4v) is 4.65. The number of fused-ring (bicyclic) bond motifs is 3. The summed E-state index contributed by atoms with van der Waals surface area (Å²) in [7, 11) is 1.71. The summed E-state index contributed by atoms with van der Waals surface area (Å²) in [6.45, 7) is 7.61. The molecule has 1 fully saturated rings. The van der Waals surface area contributed by atoms with Crippen LogP contribution in [-0.4, -0.2) is 62.8 Å². The zero-order valence-corrected chi connectivity index (χ0v) is 22.0. The molecule has 1 aliphatic heterocycles. The van der Waals surface area contributed by atoms with Gasteiger partial charge in [0.05, 0.1) is 51.5 Å². The summed E-state index contributed by atoms with van der Waals surface area (Å²) < 4.78 is 7.85. The lowest BCUT2D eigenvalue weighted by molar-refractivity contribution is 0.0619. The minimum absolute atomic E-state index is 0.160. The van der Waals surface area contributed by atoms with Crippen LogP contribution in [0, 0.1) is 5.92 Å². The first-order valence-corrected chi connectivity index (χ1v) is 12.5. The number of hydrogen-bond donors (Lipinski definition) is 4. The van der Waals surface area contributed by atoms with Gasteiger partial charge in [0.25, 0.3) is 0 Å². The van der Waals surface area contributed by atoms with Gasteiger partial charge in [-0.2, -0.15) is 0 Å². The van der Waals surface area contributed by atoms with Gasteiger partial charge in [0, 0.05) is 56.4 Å². The number of aliphatic imine (C=N–C) groups is 1. The summed E-state index contributed by atoms with van der Waals surface area (Å²) in [4.78, 5) is 13.7. The van der Waals surface area contributed by atoms with Crippen LogP contribution in [0.15, 0.2) is 47.1 Å². The first-order chi connectivity index (χ1) is 17.6. The van der Waals surface area contributed by atoms with Gasteiger partial charge in [-0.3, -0.25) is 15.0 Å². The maximum absolute atomic E-state index is 10.6. The number of ether oxygens (including phenoxy) is 1. The van der Waals surface area contributed by atoms with Gasteiger partial charge in [-0.1, -0.05) is 0 Å². The average molecular weight is 508 g/mol. The standard InChI is InChI=1S/C27H37N7O3/c1-17(35)5-8-30-15-21(28)26(33(4)29)22-12-23-20(14-31-22)25-24(11-19(13-32-25)27(2,3)36)34(23)16-18-6-9-37-10-7-18/h5,8,11-14,18,35-36H,6-7,9-10,15-16,28-29H2,1-4H3/b17-5-,26-21-,30-8-. The number of aliphatic hydroxyl groups excluding tert-OH is 1. The van der Waals surface area contributed by atoms with Crippen molar-refractivity contribution in [2.75, 3.05) is 26.8 Å². The zero-order chi connectivity index (χ0) is 26.7. The predicted octanol–water partition coefficient (Wildman–Crippen LogP) is 3.20. The molecular weight excluding hydrogens is 470 g/mol. The van der Waals surface area contributed by atoms with Crippen molar-refractivity contribution >= 4 is 33.8 Å². The summed E-state index contributed by atoms with van der Waals surface area (Å²) in [6, 6.07) is 4.01. The largest absolute Gasteiger partial charge is 0.513 e. The van der Waals surface area contributed by atoms with Crippen LogP contribution in [0.1, 0.15) is 44.9 Å². The minimum Gasteiger partial charge on any atom is -0.513 e. The van der Waals surface area contributed by atoms with E-state index in [-0.39, 0.29) is 12.3 Å². The van der Waals surface area contributed by atoms with E-state index >= 15 is 0 Å². The molecular formula is C27H37N7O3. The molecule has 3 aromatic heterocycles. The van der Waals surface area contributed by atoms with E-state index in [0.29, 0.717) is 23.0 Å². The van der Waals surface area contributed by atoms with Crippen LogP contribution >= 0.6 is 0 Å². The fourth-order valence-electron chi connectivity index (χ4n) is 4.65. The van der Waals surface area contributed by atoms with Crippen LogP contribution in [0.2, 0.25) is 0 Å². The Hall–Kier alpha value is -3.47. The number of hydrogen-bond acceptors (Lipinski definition) is 9. The molecule has 1 aliphatic rings. The molecule has 0 saturated carbocycles. The zero-order valence-electron chi connectivity index (χ0n) is 22.0. The molecule has 10 heteroatoms. The van der Waals surface area contributed by atoms with Gasteiger partial charge in [0.2, 0.25) is 0 Å². The summed E-state index contributed by atoms with van der Waals surface area (Å²) in [5.74, 6) is 6.81. The lowest BCUT2D eigenvalue weighted by Crippen LogP contribution is -2.28. The third-order valence-electron chi connectivity index (χ3n) is 6.66. The maximum atomic E-state index is 10.6. The van der Waals surface area contributed by atoms with Gasteiger partial charge in [-0.05, 0) is 57.7 Å². The van der Waals surface area contributed by atoms with Crippen molar-refractivity contribution in [1.29, 1.82) is 0 Å². The Balaban J connectivity index is 1.86. The Bertz CT molecular complexity index is 1360. The molecule has 0 atom stereocenters. The first-order valence-electron chi connectivity index (χ1n) is 12.5. The van der Waals surface area contributed by atoms with E-state index in [4.69, 9.17) is 26.3 Å². The highest BCUT2D eigenvalue weighted by Crippen LogP contribution is 2.33. The topological polar surface area (TPSA) is 148 Å². The Morgan fingerprint density at radius 2 is 1.97 bits per heavy atom. The molecule has 4 rings (SSSR count). The molecule has 6 N–H and O–H groups in total. The molecule has 0 radical (unpaired) electrons. The molecule has 0 aromatic carbocycles. The second-order valence-corrected chi connectivity index (χ2v) is 10.2. The molecule has 0 bridgehead atoms. The number of aromatic nitrogens is 3. The number of nitrogens with two attached hydrogens (primary N) is 2. The van der Waals surface area contributed by atoms with Gasteiger partial charge < -0.3 is 30.3 Å². The van der Waals surface area contributed by atoms with E-state index in [9.17, 15) is 10.2 Å². The van der Waals surface area contributed by atoms with Gasteiger partial charge in [-0.15, -0.1) is 0 Å². The van der Waals surface area contributed by atoms with E-state index in [2.05, 4.69) is 9.56 Å². The normalized spacial score (nSPS) is 16.6. The molecule has 198 valence electrons. The van der Waals surface area contributed by atoms with Crippen molar-refractivity contribution in [2.24, 2.45) is 22.5 Å². The molecule has 0 aliphatic carbocycles. The maximum Gasteiger partial charge on any atom is 0.0980 e. The number of aliphatic hydroxyl groups is 2. The van der Waals surface area contributed by atoms with Crippen LogP contribution in [0.3, 0.4) is 0 Å². The Morgan fingerprint density at radius 1 is 1.24 bits per heavy atom. The highest BCUT2D eigenvalue weighted by Gasteiger charge is 2.23. The number of pyridine rings is 2. The van der Waals surface area contributed by atoms with Crippen molar-refractivity contribution in [1.82, 2.24) is 19.5 Å². The predicted molar refractivity (Wildman–Crippen MR) is 147 cm³/mol. The van der Waals surface area contributed by atoms with Crippen LogP contribution in [0.4, 0.5) is 0 Å². The summed E-state index contributed by atoms with van der Waals surface area (Å²) in [6.07, 6.45) is 8.51. The molecule has 4 heterocycles. The SMILES string of the molecule is C/C(O)=C/C=N\C/C(N)=C(\c1cc2c(cn1)c1ncc(C(C)(C)O)cc1n2CC1CCOCC1)N(C)N. The van der Waals surface area contributed by atoms with Crippen LogP contribution in [-0.2, 0) is 16.9 Å². The quantitative estimate of drug-likeness (QED) is 0.157. The summed E-state index contributed by atoms with van der Waals surface area (Å²) in [5.41, 5.74) is 10.5. The van der Waals surface area contributed by atoms with E-state index < -0.39 is 5.60 Å². The first kappa shape index (κ1) is 26.6. The molecule has 10 nitrogen and oxygen atoms in total. The summed E-state index contributed by atoms with van der Waals surface area (Å²) in [5, 5.41) is 22.3. The Morgan fingerprint density at radius 3 is 2.62 bits per heavy atom. The second-order valence-electron chi connectivity index (χ2n) is 10.2. The van der Waals surface area contributed by atoms with Crippen molar-refractivity contribution in [3.05, 3.63) is 53.3 Å². The number of hydrazine groups is 1. The average Bonchev–Trinajstić information content (AvgIpc) is 3.14. The van der Waals surface area contributed by atoms with Gasteiger partial charge >= 0.3 is 0 Å². The minimum atomic E-state index is -1.01. The highest BCUT2D eigenvalue weighted by molar-refractivity contribution is 6.06. The van der Waals surface area contributed by atoms with Crippen molar-refractivity contribution < 1.29 is 14.9 Å².